The molecule has 0 saturated carbocycles. The van der Waals surface area contributed by atoms with Crippen molar-refractivity contribution in [3.8, 4) is 0 Å². The van der Waals surface area contributed by atoms with Crippen LogP contribution in [0.2, 0.25) is 5.02 Å². The van der Waals surface area contributed by atoms with Gasteiger partial charge in [0.25, 0.3) is 0 Å². The minimum atomic E-state index is -0.0852. The van der Waals surface area contributed by atoms with E-state index in [0.717, 1.165) is 30.8 Å². The maximum absolute atomic E-state index is 12.0. The third kappa shape index (κ3) is 5.33. The van der Waals surface area contributed by atoms with Gasteiger partial charge < -0.3 is 5.32 Å². The first kappa shape index (κ1) is 17.4. The second kappa shape index (κ2) is 8.08. The lowest BCUT2D eigenvalue weighted by atomic mass is 10.1. The number of carbonyl (C=O) groups is 1. The minimum Gasteiger partial charge on any atom is -0.310 e. The Morgan fingerprint density at radius 3 is 2.78 bits per heavy atom. The molecule has 0 aliphatic rings. The van der Waals surface area contributed by atoms with Gasteiger partial charge in [0.2, 0.25) is 5.91 Å². The van der Waals surface area contributed by atoms with E-state index in [4.69, 9.17) is 11.6 Å². The Labute approximate surface area is 141 Å². The van der Waals surface area contributed by atoms with Crippen LogP contribution in [0.4, 0.5) is 5.82 Å². The van der Waals surface area contributed by atoms with Crippen molar-refractivity contribution in [1.29, 1.82) is 0 Å². The summed E-state index contributed by atoms with van der Waals surface area (Å²) in [4.78, 5) is 18.0. The molecule has 0 saturated heterocycles. The number of nitrogens with zero attached hydrogens (tertiary/aromatic N) is 3. The summed E-state index contributed by atoms with van der Waals surface area (Å²) in [6, 6.07) is 3.38. The number of hydrogen-bond donors (Lipinski definition) is 2. The van der Waals surface area contributed by atoms with Crippen molar-refractivity contribution < 1.29 is 4.79 Å². The van der Waals surface area contributed by atoms with E-state index < -0.39 is 0 Å². The largest absolute Gasteiger partial charge is 0.310 e. The van der Waals surface area contributed by atoms with Gasteiger partial charge in [-0.3, -0.25) is 14.8 Å². The summed E-state index contributed by atoms with van der Waals surface area (Å²) in [6.45, 7) is 5.21. The molecule has 0 spiro atoms. The number of pyridine rings is 1. The van der Waals surface area contributed by atoms with Crippen LogP contribution >= 0.6 is 11.6 Å². The second-order valence-corrected chi connectivity index (χ2v) is 6.10. The van der Waals surface area contributed by atoms with Gasteiger partial charge in [0.15, 0.2) is 0 Å². The molecule has 7 heteroatoms. The summed E-state index contributed by atoms with van der Waals surface area (Å²) in [5.74, 6) is 0.426. The summed E-state index contributed by atoms with van der Waals surface area (Å²) in [5.41, 5.74) is 3.45. The monoisotopic (exact) mass is 335 g/mol. The average molecular weight is 336 g/mol. The number of aryl methyl sites for hydroxylation is 2. The first-order valence-electron chi connectivity index (χ1n) is 7.56. The zero-order chi connectivity index (χ0) is 16.8. The summed E-state index contributed by atoms with van der Waals surface area (Å²) in [5, 5.41) is 10.5. The predicted octanol–water partition coefficient (Wildman–Crippen LogP) is 2.58. The predicted molar refractivity (Wildman–Crippen MR) is 91.8 cm³/mol. The van der Waals surface area contributed by atoms with E-state index >= 15 is 0 Å². The smallest absolute Gasteiger partial charge is 0.239 e. The fraction of sp³-hybridized carbons (Fsp3) is 0.438. The summed E-state index contributed by atoms with van der Waals surface area (Å²) in [7, 11) is 1.93. The Kier molecular flexibility index (Phi) is 6.12. The number of hydrogen-bond acceptors (Lipinski definition) is 4. The lowest BCUT2D eigenvalue weighted by molar-refractivity contribution is -0.117. The Morgan fingerprint density at radius 1 is 1.39 bits per heavy atom. The highest BCUT2D eigenvalue weighted by Crippen LogP contribution is 2.12. The molecule has 2 N–H and O–H groups in total. The van der Waals surface area contributed by atoms with E-state index in [1.165, 1.54) is 11.8 Å². The number of rotatable bonds is 7. The zero-order valence-electron chi connectivity index (χ0n) is 13.7. The number of aromatic nitrogens is 3. The van der Waals surface area contributed by atoms with Crippen molar-refractivity contribution >= 4 is 23.3 Å². The molecule has 2 aromatic heterocycles. The third-order valence-electron chi connectivity index (χ3n) is 3.66. The van der Waals surface area contributed by atoms with Crippen LogP contribution in [-0.4, -0.2) is 46.1 Å². The summed E-state index contributed by atoms with van der Waals surface area (Å²) < 4.78 is 0. The fourth-order valence-corrected chi connectivity index (χ4v) is 2.54. The van der Waals surface area contributed by atoms with E-state index in [1.54, 1.807) is 12.1 Å². The number of H-pyrrole nitrogens is 1. The molecule has 0 unspecified atom stereocenters. The Hall–Kier alpha value is -1.92. The number of amides is 1. The molecule has 0 aliphatic heterocycles. The maximum Gasteiger partial charge on any atom is 0.239 e. The first-order valence-corrected chi connectivity index (χ1v) is 7.94. The molecule has 2 aromatic rings. The van der Waals surface area contributed by atoms with Crippen molar-refractivity contribution in [2.24, 2.45) is 0 Å². The Bertz CT molecular complexity index is 633. The topological polar surface area (TPSA) is 73.9 Å². The quantitative estimate of drug-likeness (QED) is 0.815. The fourth-order valence-electron chi connectivity index (χ4n) is 2.42. The molecule has 23 heavy (non-hydrogen) atoms. The van der Waals surface area contributed by atoms with Crippen LogP contribution in [-0.2, 0) is 11.2 Å². The summed E-state index contributed by atoms with van der Waals surface area (Å²) >= 11 is 5.76. The second-order valence-electron chi connectivity index (χ2n) is 5.66. The molecule has 2 heterocycles. The van der Waals surface area contributed by atoms with Gasteiger partial charge in [-0.2, -0.15) is 5.10 Å². The first-order chi connectivity index (χ1) is 11.0. The number of carbonyl (C=O) groups excluding carboxylic acids is 1. The lowest BCUT2D eigenvalue weighted by Crippen LogP contribution is -2.31. The SMILES string of the molecule is Cc1n[nH]c(C)c1CCCN(C)CC(=O)Nc1ccc(Cl)cn1. The van der Waals surface area contributed by atoms with Crippen molar-refractivity contribution in [3.05, 3.63) is 40.3 Å². The highest BCUT2D eigenvalue weighted by molar-refractivity contribution is 6.30. The third-order valence-corrected chi connectivity index (χ3v) is 3.88. The molecule has 0 radical (unpaired) electrons. The molecule has 0 fully saturated rings. The number of nitrogens with one attached hydrogen (secondary N) is 2. The normalized spacial score (nSPS) is 11.0. The van der Waals surface area contributed by atoms with Crippen molar-refractivity contribution in [2.45, 2.75) is 26.7 Å². The highest BCUT2D eigenvalue weighted by atomic mass is 35.5. The minimum absolute atomic E-state index is 0.0852. The van der Waals surface area contributed by atoms with Gasteiger partial charge in [0.1, 0.15) is 5.82 Å². The molecule has 6 nitrogen and oxygen atoms in total. The van der Waals surface area contributed by atoms with Crippen LogP contribution in [0.5, 0.6) is 0 Å². The molecule has 124 valence electrons. The summed E-state index contributed by atoms with van der Waals surface area (Å²) in [6.07, 6.45) is 3.44. The molecular formula is C16H22ClN5O. The molecular weight excluding hydrogens is 314 g/mol. The van der Waals surface area contributed by atoms with Gasteiger partial charge in [-0.25, -0.2) is 4.98 Å². The molecule has 0 bridgehead atoms. The number of halogens is 1. The van der Waals surface area contributed by atoms with Crippen molar-refractivity contribution in [2.75, 3.05) is 25.5 Å². The highest BCUT2D eigenvalue weighted by Gasteiger charge is 2.09. The standard InChI is InChI=1S/C16H22ClN5O/c1-11-14(12(2)21-20-11)5-4-8-22(3)10-16(23)19-15-7-6-13(17)9-18-15/h6-7,9H,4-5,8,10H2,1-3H3,(H,20,21)(H,18,19,23). The van der Waals surface area contributed by atoms with E-state index in [-0.39, 0.29) is 5.91 Å². The molecule has 0 atom stereocenters. The van der Waals surface area contributed by atoms with Crippen LogP contribution < -0.4 is 5.32 Å². The van der Waals surface area contributed by atoms with Gasteiger partial charge >= 0.3 is 0 Å². The zero-order valence-corrected chi connectivity index (χ0v) is 14.4. The van der Waals surface area contributed by atoms with Crippen molar-refractivity contribution in [1.82, 2.24) is 20.1 Å². The van der Waals surface area contributed by atoms with Gasteiger partial charge in [-0.1, -0.05) is 11.6 Å². The van der Waals surface area contributed by atoms with E-state index in [2.05, 4.69) is 20.5 Å². The van der Waals surface area contributed by atoms with E-state index in [0.29, 0.717) is 17.4 Å². The molecule has 0 aromatic carbocycles. The van der Waals surface area contributed by atoms with Crippen LogP contribution in [0.25, 0.3) is 0 Å². The molecule has 2 rings (SSSR count). The number of anilines is 1. The Morgan fingerprint density at radius 2 is 2.17 bits per heavy atom. The van der Waals surface area contributed by atoms with Gasteiger partial charge in [-0.05, 0) is 58.0 Å². The van der Waals surface area contributed by atoms with Gasteiger partial charge in [0.05, 0.1) is 17.3 Å². The van der Waals surface area contributed by atoms with E-state index in [1.807, 2.05) is 25.8 Å². The van der Waals surface area contributed by atoms with Crippen LogP contribution in [0.1, 0.15) is 23.4 Å². The van der Waals surface area contributed by atoms with Gasteiger partial charge in [-0.15, -0.1) is 0 Å². The van der Waals surface area contributed by atoms with Crippen LogP contribution in [0, 0.1) is 13.8 Å². The number of likely N-dealkylation sites (N-methyl/N-ethyl adjacent to an activating group) is 1. The Balaban J connectivity index is 1.72. The van der Waals surface area contributed by atoms with Crippen molar-refractivity contribution in [3.63, 3.8) is 0 Å². The molecule has 0 aliphatic carbocycles. The van der Waals surface area contributed by atoms with Crippen LogP contribution in [0.3, 0.4) is 0 Å². The average Bonchev–Trinajstić information content (AvgIpc) is 2.81. The maximum atomic E-state index is 12.0. The van der Waals surface area contributed by atoms with Gasteiger partial charge in [0, 0.05) is 11.9 Å². The van der Waals surface area contributed by atoms with Crippen LogP contribution in [0.15, 0.2) is 18.3 Å². The number of aromatic amines is 1. The lowest BCUT2D eigenvalue weighted by Gasteiger charge is -2.16. The van der Waals surface area contributed by atoms with E-state index in [9.17, 15) is 4.79 Å². The molecule has 1 amide bonds.